The Hall–Kier alpha value is -1.96. The van der Waals surface area contributed by atoms with Gasteiger partial charge in [-0.3, -0.25) is 14.5 Å². The fourth-order valence-corrected chi connectivity index (χ4v) is 1.25. The van der Waals surface area contributed by atoms with E-state index in [-0.39, 0.29) is 19.6 Å². The van der Waals surface area contributed by atoms with Crippen LogP contribution in [0.4, 0.5) is 0 Å². The molecule has 0 fully saturated rings. The van der Waals surface area contributed by atoms with Crippen LogP contribution in [-0.4, -0.2) is 54.3 Å². The number of ether oxygens (including phenoxy) is 2. The summed E-state index contributed by atoms with van der Waals surface area (Å²) in [6.07, 6.45) is 0. The molecule has 0 spiro atoms. The van der Waals surface area contributed by atoms with E-state index in [0.29, 0.717) is 11.8 Å². The Balaban J connectivity index is 2.64. The van der Waals surface area contributed by atoms with E-state index in [0.717, 1.165) is 0 Å². The normalized spacial score (nSPS) is 10.4. The predicted molar refractivity (Wildman–Crippen MR) is 58.3 cm³/mol. The van der Waals surface area contributed by atoms with Gasteiger partial charge in [0.15, 0.2) is 0 Å². The van der Waals surface area contributed by atoms with Crippen LogP contribution in [0.3, 0.4) is 0 Å². The highest BCUT2D eigenvalue weighted by Gasteiger charge is 2.18. The third-order valence-electron chi connectivity index (χ3n) is 2.09. The van der Waals surface area contributed by atoms with Crippen molar-refractivity contribution in [1.29, 1.82) is 0 Å². The summed E-state index contributed by atoms with van der Waals surface area (Å²) in [5, 5.41) is 7.45. The molecule has 0 aliphatic carbocycles. The Morgan fingerprint density at radius 3 is 2.11 bits per heavy atom. The second-order valence-electron chi connectivity index (χ2n) is 3.51. The summed E-state index contributed by atoms with van der Waals surface area (Å²) in [5.41, 5.74) is 0. The van der Waals surface area contributed by atoms with Crippen molar-refractivity contribution in [2.24, 2.45) is 0 Å². The topological polar surface area (TPSA) is 94.8 Å². The molecule has 1 heterocycles. The van der Waals surface area contributed by atoms with Gasteiger partial charge in [0.1, 0.15) is 0 Å². The zero-order chi connectivity index (χ0) is 13.5. The number of carbonyl (C=O) groups excluding carboxylic acids is 2. The highest BCUT2D eigenvalue weighted by atomic mass is 16.5. The summed E-state index contributed by atoms with van der Waals surface area (Å²) in [6, 6.07) is 0. The lowest BCUT2D eigenvalue weighted by Gasteiger charge is -2.17. The third-order valence-corrected chi connectivity index (χ3v) is 2.09. The van der Waals surface area contributed by atoms with Gasteiger partial charge < -0.3 is 13.9 Å². The number of aryl methyl sites for hydroxylation is 1. The van der Waals surface area contributed by atoms with Gasteiger partial charge in [-0.2, -0.15) is 0 Å². The second-order valence-corrected chi connectivity index (χ2v) is 3.51. The number of hydrogen-bond donors (Lipinski definition) is 0. The molecule has 0 amide bonds. The summed E-state index contributed by atoms with van der Waals surface area (Å²) in [4.78, 5) is 23.9. The fraction of sp³-hybridized carbons (Fsp3) is 0.600. The fourth-order valence-electron chi connectivity index (χ4n) is 1.25. The van der Waals surface area contributed by atoms with Gasteiger partial charge in [0, 0.05) is 6.92 Å². The van der Waals surface area contributed by atoms with Crippen molar-refractivity contribution < 1.29 is 23.5 Å². The smallest absolute Gasteiger partial charge is 0.319 e. The molecule has 8 heteroatoms. The van der Waals surface area contributed by atoms with Gasteiger partial charge in [-0.05, 0) is 0 Å². The molecule has 0 unspecified atom stereocenters. The lowest BCUT2D eigenvalue weighted by Crippen LogP contribution is -2.35. The summed E-state index contributed by atoms with van der Waals surface area (Å²) in [5.74, 6) is -0.188. The molecule has 18 heavy (non-hydrogen) atoms. The third kappa shape index (κ3) is 4.50. The van der Waals surface area contributed by atoms with Crippen molar-refractivity contribution in [3.63, 3.8) is 0 Å². The first-order valence-electron chi connectivity index (χ1n) is 5.20. The number of rotatable bonds is 6. The van der Waals surface area contributed by atoms with E-state index in [9.17, 15) is 9.59 Å². The first-order valence-corrected chi connectivity index (χ1v) is 5.20. The Morgan fingerprint density at radius 2 is 1.72 bits per heavy atom. The molecule has 0 atom stereocenters. The van der Waals surface area contributed by atoms with Crippen molar-refractivity contribution in [2.75, 3.05) is 27.3 Å². The van der Waals surface area contributed by atoms with Gasteiger partial charge >= 0.3 is 11.9 Å². The second kappa shape index (κ2) is 6.70. The Bertz CT molecular complexity index is 399. The predicted octanol–water partition coefficient (Wildman–Crippen LogP) is -0.474. The quantitative estimate of drug-likeness (QED) is 0.631. The molecule has 0 radical (unpaired) electrons. The zero-order valence-electron chi connectivity index (χ0n) is 10.5. The summed E-state index contributed by atoms with van der Waals surface area (Å²) in [6.45, 7) is 1.70. The average Bonchev–Trinajstić information content (AvgIpc) is 2.74. The summed E-state index contributed by atoms with van der Waals surface area (Å²) < 4.78 is 14.3. The SMILES string of the molecule is COC(=O)CN(CC(=O)OC)Cc1nnc(C)o1. The number of carbonyl (C=O) groups is 2. The molecule has 8 nitrogen and oxygen atoms in total. The first-order chi connectivity index (χ1) is 8.55. The molecule has 0 bridgehead atoms. The molecule has 0 aromatic carbocycles. The van der Waals surface area contributed by atoms with Gasteiger partial charge in [0.25, 0.3) is 0 Å². The van der Waals surface area contributed by atoms with Crippen molar-refractivity contribution in [2.45, 2.75) is 13.5 Å². The molecule has 0 saturated heterocycles. The maximum absolute atomic E-state index is 11.2. The van der Waals surface area contributed by atoms with Crippen molar-refractivity contribution in [3.8, 4) is 0 Å². The lowest BCUT2D eigenvalue weighted by molar-refractivity contribution is -0.145. The summed E-state index contributed by atoms with van der Waals surface area (Å²) >= 11 is 0. The van der Waals surface area contributed by atoms with Gasteiger partial charge in [0.05, 0.1) is 33.9 Å². The van der Waals surface area contributed by atoms with E-state index in [1.807, 2.05) is 0 Å². The first kappa shape index (κ1) is 14.1. The van der Waals surface area contributed by atoms with Crippen molar-refractivity contribution in [1.82, 2.24) is 15.1 Å². The average molecular weight is 257 g/mol. The Labute approximate surface area is 104 Å². The zero-order valence-corrected chi connectivity index (χ0v) is 10.5. The highest BCUT2D eigenvalue weighted by molar-refractivity contribution is 5.74. The number of methoxy groups -OCH3 is 2. The minimum Gasteiger partial charge on any atom is -0.468 e. The van der Waals surface area contributed by atoms with E-state index < -0.39 is 11.9 Å². The van der Waals surface area contributed by atoms with Crippen LogP contribution >= 0.6 is 0 Å². The highest BCUT2D eigenvalue weighted by Crippen LogP contribution is 2.03. The number of hydrogen-bond acceptors (Lipinski definition) is 8. The molecular formula is C10H15N3O5. The van der Waals surface area contributed by atoms with Crippen LogP contribution in [0.2, 0.25) is 0 Å². The van der Waals surface area contributed by atoms with Crippen LogP contribution in [0.15, 0.2) is 4.42 Å². The molecule has 1 aromatic rings. The van der Waals surface area contributed by atoms with Crippen LogP contribution in [0.25, 0.3) is 0 Å². The van der Waals surface area contributed by atoms with E-state index in [1.54, 1.807) is 6.92 Å². The minimum atomic E-state index is -0.463. The molecule has 0 N–H and O–H groups in total. The van der Waals surface area contributed by atoms with Crippen LogP contribution in [0.5, 0.6) is 0 Å². The standard InChI is InChI=1S/C10H15N3O5/c1-7-11-12-8(18-7)4-13(5-9(14)16-2)6-10(15)17-3/h4-6H2,1-3H3. The van der Waals surface area contributed by atoms with Crippen molar-refractivity contribution in [3.05, 3.63) is 11.8 Å². The number of aromatic nitrogens is 2. The lowest BCUT2D eigenvalue weighted by atomic mass is 10.4. The van der Waals surface area contributed by atoms with E-state index in [2.05, 4.69) is 19.7 Å². The Kier molecular flexibility index (Phi) is 5.25. The molecule has 0 aliphatic heterocycles. The molecular weight excluding hydrogens is 242 g/mol. The maximum atomic E-state index is 11.2. The molecule has 1 rings (SSSR count). The maximum Gasteiger partial charge on any atom is 0.319 e. The van der Waals surface area contributed by atoms with E-state index >= 15 is 0 Å². The van der Waals surface area contributed by atoms with Gasteiger partial charge in [-0.15, -0.1) is 10.2 Å². The van der Waals surface area contributed by atoms with E-state index in [4.69, 9.17) is 4.42 Å². The molecule has 0 saturated carbocycles. The monoisotopic (exact) mass is 257 g/mol. The van der Waals surface area contributed by atoms with Crippen LogP contribution in [-0.2, 0) is 25.6 Å². The minimum absolute atomic E-state index is 0.0625. The Morgan fingerprint density at radius 1 is 1.17 bits per heavy atom. The number of esters is 2. The number of nitrogens with zero attached hydrogens (tertiary/aromatic N) is 3. The van der Waals surface area contributed by atoms with Gasteiger partial charge in [-0.1, -0.05) is 0 Å². The molecule has 1 aromatic heterocycles. The van der Waals surface area contributed by atoms with Crippen molar-refractivity contribution >= 4 is 11.9 Å². The van der Waals surface area contributed by atoms with Crippen LogP contribution < -0.4 is 0 Å². The van der Waals surface area contributed by atoms with Gasteiger partial charge in [0.2, 0.25) is 11.8 Å². The molecule has 100 valence electrons. The van der Waals surface area contributed by atoms with E-state index in [1.165, 1.54) is 19.1 Å². The van der Waals surface area contributed by atoms with Crippen LogP contribution in [0.1, 0.15) is 11.8 Å². The largest absolute Gasteiger partial charge is 0.468 e. The van der Waals surface area contributed by atoms with Gasteiger partial charge in [-0.25, -0.2) is 0 Å². The van der Waals surface area contributed by atoms with Crippen LogP contribution in [0, 0.1) is 6.92 Å². The molecule has 0 aliphatic rings. The summed E-state index contributed by atoms with van der Waals surface area (Å²) in [7, 11) is 2.55.